The molecule has 0 aliphatic carbocycles. The Hall–Kier alpha value is -1.61. The van der Waals surface area contributed by atoms with Crippen molar-refractivity contribution in [2.45, 2.75) is 0 Å². The predicted molar refractivity (Wildman–Crippen MR) is 72.6 cm³/mol. The van der Waals surface area contributed by atoms with Crippen LogP contribution in [-0.4, -0.2) is 11.3 Å². The van der Waals surface area contributed by atoms with Gasteiger partial charge in [-0.15, -0.1) is 11.8 Å². The van der Waals surface area contributed by atoms with Crippen molar-refractivity contribution in [1.29, 1.82) is 0 Å². The van der Waals surface area contributed by atoms with Crippen LogP contribution in [0.15, 0.2) is 59.6 Å². The van der Waals surface area contributed by atoms with Gasteiger partial charge in [-0.1, -0.05) is 42.5 Å². The number of nitrogens with zero attached hydrogens (tertiary/aromatic N) is 1. The Kier molecular flexibility index (Phi) is 3.94. The first-order chi connectivity index (χ1) is 8.31. The summed E-state index contributed by atoms with van der Waals surface area (Å²) in [6, 6.07) is 16.3. The number of rotatable bonds is 2. The quantitative estimate of drug-likeness (QED) is 0.568. The maximum absolute atomic E-state index is 13.5. The minimum atomic E-state index is -0.296. The van der Waals surface area contributed by atoms with E-state index in [0.717, 1.165) is 10.6 Å². The molecule has 2 aromatic rings. The van der Waals surface area contributed by atoms with Gasteiger partial charge in [0.25, 0.3) is 0 Å². The maximum atomic E-state index is 13.5. The molecule has 0 unspecified atom stereocenters. The molecule has 0 amide bonds. The molecule has 2 aromatic carbocycles. The number of benzene rings is 2. The molecule has 0 radical (unpaired) electrons. The normalized spacial score (nSPS) is 11.5. The zero-order valence-electron chi connectivity index (χ0n) is 9.43. The van der Waals surface area contributed by atoms with Crippen molar-refractivity contribution in [2.24, 2.45) is 4.99 Å². The van der Waals surface area contributed by atoms with E-state index in [1.807, 2.05) is 36.6 Å². The van der Waals surface area contributed by atoms with Crippen molar-refractivity contribution in [3.63, 3.8) is 0 Å². The third-order valence-electron chi connectivity index (χ3n) is 2.29. The van der Waals surface area contributed by atoms with Crippen molar-refractivity contribution < 1.29 is 4.39 Å². The molecule has 2 rings (SSSR count). The number of aliphatic imine (C=N–C) groups is 1. The molecule has 0 saturated carbocycles. The summed E-state index contributed by atoms with van der Waals surface area (Å²) in [6.45, 7) is 0. The van der Waals surface area contributed by atoms with Crippen LogP contribution in [0.4, 0.5) is 10.1 Å². The van der Waals surface area contributed by atoms with Crippen molar-refractivity contribution in [3.8, 4) is 0 Å². The summed E-state index contributed by atoms with van der Waals surface area (Å²) in [5, 5.41) is 0.815. The summed E-state index contributed by atoms with van der Waals surface area (Å²) in [5.41, 5.74) is 1.38. The van der Waals surface area contributed by atoms with E-state index in [9.17, 15) is 4.39 Å². The summed E-state index contributed by atoms with van der Waals surface area (Å²) in [6.07, 6.45) is 1.94. The topological polar surface area (TPSA) is 12.4 Å². The Morgan fingerprint density at radius 3 is 2.29 bits per heavy atom. The molecule has 17 heavy (non-hydrogen) atoms. The van der Waals surface area contributed by atoms with Crippen molar-refractivity contribution in [2.75, 3.05) is 6.26 Å². The Morgan fingerprint density at radius 2 is 1.65 bits per heavy atom. The monoisotopic (exact) mass is 245 g/mol. The van der Waals surface area contributed by atoms with Gasteiger partial charge in [0.1, 0.15) is 16.5 Å². The Bertz CT molecular complexity index is 523. The molecule has 0 heterocycles. The molecule has 0 N–H and O–H groups in total. The minimum absolute atomic E-state index is 0.296. The fourth-order valence-electron chi connectivity index (χ4n) is 1.46. The maximum Gasteiger partial charge on any atom is 0.148 e. The zero-order valence-corrected chi connectivity index (χ0v) is 10.2. The standard InChI is InChI=1S/C14H12FNS/c1-17-14(11-7-3-2-4-8-11)16-13-10-6-5-9-12(13)15/h2-10H,1H3. The lowest BCUT2D eigenvalue weighted by molar-refractivity contribution is 0.630. The Balaban J connectivity index is 2.40. The van der Waals surface area contributed by atoms with Crippen LogP contribution in [0.3, 0.4) is 0 Å². The lowest BCUT2D eigenvalue weighted by atomic mass is 10.2. The second kappa shape index (κ2) is 5.64. The molecule has 0 saturated heterocycles. The molecule has 0 aromatic heterocycles. The van der Waals surface area contributed by atoms with Gasteiger partial charge in [-0.25, -0.2) is 9.38 Å². The summed E-state index contributed by atoms with van der Waals surface area (Å²) in [7, 11) is 0. The van der Waals surface area contributed by atoms with Gasteiger partial charge in [0.15, 0.2) is 0 Å². The number of hydrogen-bond donors (Lipinski definition) is 0. The van der Waals surface area contributed by atoms with Crippen LogP contribution in [0.5, 0.6) is 0 Å². The Morgan fingerprint density at radius 1 is 1.00 bits per heavy atom. The van der Waals surface area contributed by atoms with Crippen LogP contribution in [0, 0.1) is 5.82 Å². The van der Waals surface area contributed by atoms with Crippen molar-refractivity contribution >= 4 is 22.5 Å². The summed E-state index contributed by atoms with van der Waals surface area (Å²) < 4.78 is 13.5. The van der Waals surface area contributed by atoms with Crippen LogP contribution in [0.1, 0.15) is 5.56 Å². The summed E-state index contributed by atoms with van der Waals surface area (Å²) >= 11 is 1.51. The average Bonchev–Trinajstić information content (AvgIpc) is 2.39. The van der Waals surface area contributed by atoms with Gasteiger partial charge in [-0.2, -0.15) is 0 Å². The lowest BCUT2D eigenvalue weighted by Gasteiger charge is -2.03. The van der Waals surface area contributed by atoms with E-state index in [0.29, 0.717) is 5.69 Å². The molecule has 86 valence electrons. The van der Waals surface area contributed by atoms with Crippen molar-refractivity contribution in [3.05, 3.63) is 66.0 Å². The number of para-hydroxylation sites is 1. The SMILES string of the molecule is CSC(=Nc1ccccc1F)c1ccccc1. The fraction of sp³-hybridized carbons (Fsp3) is 0.0714. The number of thioether (sulfide) groups is 1. The zero-order chi connectivity index (χ0) is 12.1. The van der Waals surface area contributed by atoms with Gasteiger partial charge in [-0.05, 0) is 18.4 Å². The second-order valence-corrected chi connectivity index (χ2v) is 4.23. The largest absolute Gasteiger partial charge is 0.238 e. The minimum Gasteiger partial charge on any atom is -0.238 e. The second-order valence-electron chi connectivity index (χ2n) is 3.44. The highest BCUT2D eigenvalue weighted by atomic mass is 32.2. The number of hydrogen-bond acceptors (Lipinski definition) is 2. The van der Waals surface area contributed by atoms with E-state index in [1.54, 1.807) is 18.2 Å². The molecule has 0 aliphatic heterocycles. The van der Waals surface area contributed by atoms with Crippen LogP contribution in [-0.2, 0) is 0 Å². The van der Waals surface area contributed by atoms with Gasteiger partial charge >= 0.3 is 0 Å². The highest BCUT2D eigenvalue weighted by molar-refractivity contribution is 8.13. The molecule has 3 heteroatoms. The molecule has 0 aliphatic rings. The molecule has 0 atom stereocenters. The first kappa shape index (κ1) is 11.9. The van der Waals surface area contributed by atoms with Crippen LogP contribution >= 0.6 is 11.8 Å². The van der Waals surface area contributed by atoms with Gasteiger partial charge in [0.05, 0.1) is 0 Å². The van der Waals surface area contributed by atoms with E-state index in [2.05, 4.69) is 4.99 Å². The van der Waals surface area contributed by atoms with Crippen LogP contribution in [0.2, 0.25) is 0 Å². The van der Waals surface area contributed by atoms with E-state index < -0.39 is 0 Å². The molecule has 0 fully saturated rings. The third-order valence-corrected chi connectivity index (χ3v) is 3.00. The van der Waals surface area contributed by atoms with E-state index in [-0.39, 0.29) is 5.82 Å². The predicted octanol–water partition coefficient (Wildman–Crippen LogP) is 4.27. The smallest absolute Gasteiger partial charge is 0.148 e. The molecular weight excluding hydrogens is 233 g/mol. The Labute approximate surface area is 104 Å². The fourth-order valence-corrected chi connectivity index (χ4v) is 2.02. The van der Waals surface area contributed by atoms with Gasteiger partial charge < -0.3 is 0 Å². The van der Waals surface area contributed by atoms with E-state index >= 15 is 0 Å². The first-order valence-corrected chi connectivity index (χ1v) is 6.46. The summed E-state index contributed by atoms with van der Waals surface area (Å²) in [5.74, 6) is -0.296. The first-order valence-electron chi connectivity index (χ1n) is 5.24. The number of halogens is 1. The van der Waals surface area contributed by atoms with Gasteiger partial charge in [0, 0.05) is 5.56 Å². The lowest BCUT2D eigenvalue weighted by Crippen LogP contribution is -1.93. The van der Waals surface area contributed by atoms with Gasteiger partial charge in [0.2, 0.25) is 0 Å². The highest BCUT2D eigenvalue weighted by Crippen LogP contribution is 2.21. The van der Waals surface area contributed by atoms with Crippen LogP contribution in [0.25, 0.3) is 0 Å². The molecule has 1 nitrogen and oxygen atoms in total. The van der Waals surface area contributed by atoms with E-state index in [1.165, 1.54) is 17.8 Å². The summed E-state index contributed by atoms with van der Waals surface area (Å²) in [4.78, 5) is 4.35. The van der Waals surface area contributed by atoms with Gasteiger partial charge in [-0.3, -0.25) is 0 Å². The molecule has 0 spiro atoms. The average molecular weight is 245 g/mol. The highest BCUT2D eigenvalue weighted by Gasteiger charge is 2.04. The third kappa shape index (κ3) is 2.94. The van der Waals surface area contributed by atoms with E-state index in [4.69, 9.17) is 0 Å². The molecular formula is C14H12FNS. The molecule has 0 bridgehead atoms. The van der Waals surface area contributed by atoms with Crippen LogP contribution < -0.4 is 0 Å². The van der Waals surface area contributed by atoms with Crippen molar-refractivity contribution in [1.82, 2.24) is 0 Å².